The summed E-state index contributed by atoms with van der Waals surface area (Å²) >= 11 is 1.67. The van der Waals surface area contributed by atoms with Gasteiger partial charge in [0.2, 0.25) is 0 Å². The fourth-order valence-corrected chi connectivity index (χ4v) is 2.64. The van der Waals surface area contributed by atoms with Crippen LogP contribution in [0.1, 0.15) is 26.7 Å². The molecule has 0 aromatic rings. The maximum atomic E-state index is 9.51. The molecule has 0 aliphatic carbocycles. The van der Waals surface area contributed by atoms with Gasteiger partial charge in [-0.15, -0.1) is 11.8 Å². The van der Waals surface area contributed by atoms with E-state index in [0.29, 0.717) is 0 Å². The summed E-state index contributed by atoms with van der Waals surface area (Å²) in [5.74, 6) is 0. The second-order valence-electron chi connectivity index (χ2n) is 4.33. The molecule has 1 aliphatic heterocycles. The van der Waals surface area contributed by atoms with Crippen molar-refractivity contribution in [2.24, 2.45) is 0 Å². The van der Waals surface area contributed by atoms with Gasteiger partial charge < -0.3 is 5.11 Å². The molecule has 0 aromatic heterocycles. The number of thioether (sulfide) groups is 1. The van der Waals surface area contributed by atoms with Crippen molar-refractivity contribution in [3.05, 3.63) is 0 Å². The molecule has 0 radical (unpaired) electrons. The molecular weight excluding hydrogens is 208 g/mol. The molecule has 0 bridgehead atoms. The minimum atomic E-state index is -0.297. The van der Waals surface area contributed by atoms with Gasteiger partial charge >= 0.3 is 0 Å². The molecule has 1 rings (SSSR count). The van der Waals surface area contributed by atoms with Crippen molar-refractivity contribution in [1.29, 1.82) is 5.26 Å². The summed E-state index contributed by atoms with van der Waals surface area (Å²) in [6, 6.07) is 2.63. The molecule has 3 nitrogen and oxygen atoms in total. The van der Waals surface area contributed by atoms with Crippen LogP contribution in [0.15, 0.2) is 0 Å². The van der Waals surface area contributed by atoms with Crippen molar-refractivity contribution in [2.75, 3.05) is 19.3 Å². The number of aliphatic hydroxyl groups excluding tert-OH is 1. The van der Waals surface area contributed by atoms with Gasteiger partial charge in [0.05, 0.1) is 12.2 Å². The second-order valence-corrected chi connectivity index (χ2v) is 5.52. The zero-order chi connectivity index (χ0) is 11.5. The van der Waals surface area contributed by atoms with E-state index < -0.39 is 0 Å². The number of likely N-dealkylation sites (tertiary alicyclic amines) is 1. The van der Waals surface area contributed by atoms with Crippen LogP contribution in [0.3, 0.4) is 0 Å². The first-order chi connectivity index (χ1) is 7.04. The van der Waals surface area contributed by atoms with Crippen molar-refractivity contribution in [2.45, 2.75) is 43.6 Å². The molecule has 15 heavy (non-hydrogen) atoms. The second kappa shape index (κ2) is 5.20. The molecular formula is C11H20N2OS. The summed E-state index contributed by atoms with van der Waals surface area (Å²) < 4.78 is -0.186. The minimum Gasteiger partial charge on any atom is -0.392 e. The summed E-state index contributed by atoms with van der Waals surface area (Å²) in [6.45, 7) is 5.70. The average molecular weight is 228 g/mol. The van der Waals surface area contributed by atoms with Gasteiger partial charge in [0.25, 0.3) is 0 Å². The van der Waals surface area contributed by atoms with Gasteiger partial charge in [0.15, 0.2) is 0 Å². The molecule has 1 N–H and O–H groups in total. The van der Waals surface area contributed by atoms with Crippen molar-refractivity contribution >= 4 is 11.8 Å². The zero-order valence-corrected chi connectivity index (χ0v) is 10.5. The standard InChI is InChI=1S/C11H20N2OS/c1-9(10(2)14)13-6-4-11(8-12,15-3)5-7-13/h9-10,14H,4-7H2,1-3H3. The third-order valence-electron chi connectivity index (χ3n) is 3.47. The van der Waals surface area contributed by atoms with Crippen LogP contribution in [-0.2, 0) is 0 Å². The van der Waals surface area contributed by atoms with Gasteiger partial charge in [0, 0.05) is 19.1 Å². The number of hydrogen-bond acceptors (Lipinski definition) is 4. The molecule has 0 spiro atoms. The van der Waals surface area contributed by atoms with Gasteiger partial charge in [0.1, 0.15) is 4.75 Å². The number of nitriles is 1. The monoisotopic (exact) mass is 228 g/mol. The highest BCUT2D eigenvalue weighted by Crippen LogP contribution is 2.34. The molecule has 0 amide bonds. The summed E-state index contributed by atoms with van der Waals surface area (Å²) in [4.78, 5) is 2.27. The Kier molecular flexibility index (Phi) is 4.45. The molecule has 86 valence electrons. The minimum absolute atomic E-state index is 0.186. The normalized spacial score (nSPS) is 25.5. The lowest BCUT2D eigenvalue weighted by Gasteiger charge is -2.40. The number of piperidine rings is 1. The molecule has 0 saturated carbocycles. The van der Waals surface area contributed by atoms with Crippen molar-refractivity contribution < 1.29 is 5.11 Å². The highest BCUT2D eigenvalue weighted by Gasteiger charge is 2.35. The van der Waals surface area contributed by atoms with E-state index in [4.69, 9.17) is 5.26 Å². The lowest BCUT2D eigenvalue weighted by molar-refractivity contribution is 0.0564. The number of nitrogens with zero attached hydrogens (tertiary/aromatic N) is 2. The quantitative estimate of drug-likeness (QED) is 0.795. The predicted octanol–water partition coefficient (Wildman–Crippen LogP) is 1.48. The van der Waals surface area contributed by atoms with Crippen LogP contribution < -0.4 is 0 Å². The van der Waals surface area contributed by atoms with Crippen LogP contribution in [0.25, 0.3) is 0 Å². The van der Waals surface area contributed by atoms with Crippen LogP contribution in [0.2, 0.25) is 0 Å². The Labute approximate surface area is 96.5 Å². The Morgan fingerprint density at radius 1 is 1.40 bits per heavy atom. The van der Waals surface area contributed by atoms with Crippen LogP contribution in [-0.4, -0.2) is 46.2 Å². The van der Waals surface area contributed by atoms with Gasteiger partial charge in [-0.1, -0.05) is 0 Å². The van der Waals surface area contributed by atoms with Crippen LogP contribution in [0.5, 0.6) is 0 Å². The Balaban J connectivity index is 2.53. The first-order valence-corrected chi connectivity index (χ1v) is 6.65. The first-order valence-electron chi connectivity index (χ1n) is 5.43. The Bertz CT molecular complexity index is 241. The topological polar surface area (TPSA) is 47.3 Å². The lowest BCUT2D eigenvalue weighted by Crippen LogP contribution is -2.48. The molecule has 2 unspecified atom stereocenters. The fourth-order valence-electron chi connectivity index (χ4n) is 1.96. The van der Waals surface area contributed by atoms with Crippen LogP contribution in [0, 0.1) is 11.3 Å². The van der Waals surface area contributed by atoms with Crippen molar-refractivity contribution in [3.8, 4) is 6.07 Å². The summed E-state index contributed by atoms with van der Waals surface area (Å²) in [5.41, 5.74) is 0. The third kappa shape index (κ3) is 2.87. The van der Waals surface area contributed by atoms with E-state index >= 15 is 0 Å². The molecule has 2 atom stereocenters. The van der Waals surface area contributed by atoms with Gasteiger partial charge in [-0.25, -0.2) is 0 Å². The molecule has 1 aliphatic rings. The van der Waals surface area contributed by atoms with Crippen molar-refractivity contribution in [3.63, 3.8) is 0 Å². The number of rotatable bonds is 3. The zero-order valence-electron chi connectivity index (χ0n) is 9.73. The Morgan fingerprint density at radius 3 is 2.27 bits per heavy atom. The Morgan fingerprint density at radius 2 is 1.93 bits per heavy atom. The summed E-state index contributed by atoms with van der Waals surface area (Å²) in [7, 11) is 0. The largest absolute Gasteiger partial charge is 0.392 e. The Hall–Kier alpha value is -0.240. The summed E-state index contributed by atoms with van der Waals surface area (Å²) in [6.07, 6.45) is 3.52. The maximum Gasteiger partial charge on any atom is 0.104 e. The molecule has 1 heterocycles. The first kappa shape index (κ1) is 12.8. The average Bonchev–Trinajstić information content (AvgIpc) is 2.28. The molecule has 1 fully saturated rings. The lowest BCUT2D eigenvalue weighted by atomic mass is 9.95. The van der Waals surface area contributed by atoms with E-state index in [1.165, 1.54) is 0 Å². The van der Waals surface area contributed by atoms with E-state index in [1.807, 2.05) is 20.1 Å². The molecule has 0 aromatic carbocycles. The van der Waals surface area contributed by atoms with Gasteiger partial charge in [-0.05, 0) is 32.9 Å². The van der Waals surface area contributed by atoms with E-state index in [9.17, 15) is 5.11 Å². The maximum absolute atomic E-state index is 9.51. The van der Waals surface area contributed by atoms with Crippen LogP contribution >= 0.6 is 11.8 Å². The van der Waals surface area contributed by atoms with E-state index in [1.54, 1.807) is 11.8 Å². The van der Waals surface area contributed by atoms with Gasteiger partial charge in [-0.3, -0.25) is 4.90 Å². The molecule has 4 heteroatoms. The number of aliphatic hydroxyl groups is 1. The molecule has 1 saturated heterocycles. The van der Waals surface area contributed by atoms with Crippen molar-refractivity contribution in [1.82, 2.24) is 4.90 Å². The highest BCUT2D eigenvalue weighted by atomic mass is 32.2. The SMILES string of the molecule is CSC1(C#N)CCN(C(C)C(C)O)CC1. The predicted molar refractivity (Wildman–Crippen MR) is 63.8 cm³/mol. The van der Waals surface area contributed by atoms with E-state index in [2.05, 4.69) is 11.0 Å². The third-order valence-corrected chi connectivity index (χ3v) is 4.76. The summed E-state index contributed by atoms with van der Waals surface area (Å²) in [5, 5.41) is 18.6. The number of hydrogen-bond donors (Lipinski definition) is 1. The van der Waals surface area contributed by atoms with Gasteiger partial charge in [-0.2, -0.15) is 5.26 Å². The van der Waals surface area contributed by atoms with E-state index in [0.717, 1.165) is 25.9 Å². The smallest absolute Gasteiger partial charge is 0.104 e. The fraction of sp³-hybridized carbons (Fsp3) is 0.909. The highest BCUT2D eigenvalue weighted by molar-refractivity contribution is 8.00. The van der Waals surface area contributed by atoms with Crippen LogP contribution in [0.4, 0.5) is 0 Å². The van der Waals surface area contributed by atoms with E-state index in [-0.39, 0.29) is 16.9 Å².